The van der Waals surface area contributed by atoms with E-state index in [-0.39, 0.29) is 30.5 Å². The summed E-state index contributed by atoms with van der Waals surface area (Å²) in [4.78, 5) is 28.1. The molecule has 2 aromatic carbocycles. The topological polar surface area (TPSA) is 71.1 Å². The van der Waals surface area contributed by atoms with Gasteiger partial charge in [-0.25, -0.2) is 9.37 Å². The second-order valence-corrected chi connectivity index (χ2v) is 6.70. The molecule has 0 aliphatic rings. The van der Waals surface area contributed by atoms with Gasteiger partial charge in [-0.15, -0.1) is 0 Å². The van der Waals surface area contributed by atoms with Crippen molar-refractivity contribution in [2.45, 2.75) is 12.8 Å². The zero-order valence-corrected chi connectivity index (χ0v) is 14.5. The van der Waals surface area contributed by atoms with Gasteiger partial charge in [0.1, 0.15) is 5.82 Å². The van der Waals surface area contributed by atoms with Gasteiger partial charge in [0.25, 0.3) is 0 Å². The van der Waals surface area contributed by atoms with E-state index in [1.807, 2.05) is 0 Å². The molecule has 0 aliphatic carbocycles. The Labute approximate surface area is 151 Å². The number of halogens is 2. The molecule has 128 valence electrons. The number of aromatic nitrogens is 1. The highest BCUT2D eigenvalue weighted by Gasteiger charge is 2.11. The van der Waals surface area contributed by atoms with Crippen LogP contribution in [0.2, 0.25) is 5.02 Å². The molecule has 0 spiro atoms. The molecule has 0 saturated heterocycles. The van der Waals surface area contributed by atoms with E-state index in [4.69, 9.17) is 11.6 Å². The number of hydrogen-bond donors (Lipinski definition) is 2. The van der Waals surface area contributed by atoms with Crippen molar-refractivity contribution < 1.29 is 14.0 Å². The number of benzene rings is 2. The third kappa shape index (κ3) is 4.74. The van der Waals surface area contributed by atoms with E-state index >= 15 is 0 Å². The zero-order chi connectivity index (χ0) is 17.8. The number of nitrogens with zero attached hydrogens (tertiary/aromatic N) is 1. The van der Waals surface area contributed by atoms with E-state index in [9.17, 15) is 14.0 Å². The molecule has 3 aromatic rings. The first-order valence-electron chi connectivity index (χ1n) is 7.41. The average molecular weight is 378 g/mol. The summed E-state index contributed by atoms with van der Waals surface area (Å²) >= 11 is 7.23. The molecule has 0 aliphatic heterocycles. The van der Waals surface area contributed by atoms with Gasteiger partial charge in [-0.1, -0.05) is 22.9 Å². The van der Waals surface area contributed by atoms with Gasteiger partial charge in [0, 0.05) is 23.6 Å². The van der Waals surface area contributed by atoms with Gasteiger partial charge in [0.2, 0.25) is 11.8 Å². The molecular weight excluding hydrogens is 365 g/mol. The molecule has 2 amide bonds. The molecule has 8 heteroatoms. The lowest BCUT2D eigenvalue weighted by Crippen LogP contribution is -2.17. The average Bonchev–Trinajstić information content (AvgIpc) is 2.96. The van der Waals surface area contributed by atoms with E-state index in [0.717, 1.165) is 10.2 Å². The number of hydrogen-bond acceptors (Lipinski definition) is 4. The Morgan fingerprint density at radius 1 is 1.04 bits per heavy atom. The first-order valence-corrected chi connectivity index (χ1v) is 8.60. The number of carbonyl (C=O) groups excluding carboxylic acids is 2. The summed E-state index contributed by atoms with van der Waals surface area (Å²) < 4.78 is 13.7. The summed E-state index contributed by atoms with van der Waals surface area (Å²) in [5, 5.41) is 6.34. The molecule has 3 rings (SSSR count). The minimum Gasteiger partial charge on any atom is -0.326 e. The summed E-state index contributed by atoms with van der Waals surface area (Å²) in [6.45, 7) is 0. The molecule has 1 heterocycles. The Bertz CT molecular complexity index is 927. The molecule has 25 heavy (non-hydrogen) atoms. The maximum absolute atomic E-state index is 12.8. The highest BCUT2D eigenvalue weighted by molar-refractivity contribution is 7.22. The van der Waals surface area contributed by atoms with Crippen LogP contribution < -0.4 is 10.6 Å². The minimum atomic E-state index is -0.380. The van der Waals surface area contributed by atoms with Gasteiger partial charge in [-0.05, 0) is 42.5 Å². The van der Waals surface area contributed by atoms with Gasteiger partial charge in [0.15, 0.2) is 5.13 Å². The molecule has 0 atom stereocenters. The predicted molar refractivity (Wildman–Crippen MR) is 97.5 cm³/mol. The van der Waals surface area contributed by atoms with E-state index < -0.39 is 0 Å². The predicted octanol–water partition coefficient (Wildman–Crippen LogP) is 4.45. The highest BCUT2D eigenvalue weighted by Crippen LogP contribution is 2.28. The quantitative estimate of drug-likeness (QED) is 0.690. The minimum absolute atomic E-state index is 0.0138. The highest BCUT2D eigenvalue weighted by atomic mass is 35.5. The van der Waals surface area contributed by atoms with Crippen LogP contribution in [0.5, 0.6) is 0 Å². The van der Waals surface area contributed by atoms with Gasteiger partial charge < -0.3 is 10.6 Å². The molecule has 2 N–H and O–H groups in total. The number of anilines is 2. The van der Waals surface area contributed by atoms with Crippen molar-refractivity contribution in [2.75, 3.05) is 10.6 Å². The fourth-order valence-electron chi connectivity index (χ4n) is 2.12. The van der Waals surface area contributed by atoms with Gasteiger partial charge in [0.05, 0.1) is 10.2 Å². The van der Waals surface area contributed by atoms with Crippen LogP contribution >= 0.6 is 22.9 Å². The molecule has 1 aromatic heterocycles. The van der Waals surface area contributed by atoms with Gasteiger partial charge >= 0.3 is 0 Å². The lowest BCUT2D eigenvalue weighted by atomic mass is 10.2. The Hall–Kier alpha value is -2.51. The van der Waals surface area contributed by atoms with E-state index in [2.05, 4.69) is 15.6 Å². The molecule has 0 fully saturated rings. The lowest BCUT2D eigenvalue weighted by Gasteiger charge is -2.05. The smallest absolute Gasteiger partial charge is 0.226 e. The van der Waals surface area contributed by atoms with Crippen molar-refractivity contribution in [2.24, 2.45) is 0 Å². The van der Waals surface area contributed by atoms with E-state index in [0.29, 0.717) is 15.8 Å². The number of nitrogens with one attached hydrogen (secondary N) is 2. The van der Waals surface area contributed by atoms with E-state index in [1.165, 1.54) is 35.6 Å². The SMILES string of the molecule is O=C(CCC(=O)Nc1nc2ccc(Cl)cc2s1)Nc1ccc(F)cc1. The fourth-order valence-corrected chi connectivity index (χ4v) is 3.28. The monoisotopic (exact) mass is 377 g/mol. The van der Waals surface area contributed by atoms with Gasteiger partial charge in [-0.3, -0.25) is 9.59 Å². The number of amides is 2. The normalized spacial score (nSPS) is 10.6. The number of thiazole rings is 1. The molecule has 0 bridgehead atoms. The van der Waals surface area contributed by atoms with Crippen LogP contribution in [0, 0.1) is 5.82 Å². The first-order chi connectivity index (χ1) is 12.0. The first kappa shape index (κ1) is 17.3. The maximum Gasteiger partial charge on any atom is 0.226 e. The maximum atomic E-state index is 12.8. The molecular formula is C17H13ClFN3O2S. The fraction of sp³-hybridized carbons (Fsp3) is 0.118. The summed E-state index contributed by atoms with van der Waals surface area (Å²) in [7, 11) is 0. The summed E-state index contributed by atoms with van der Waals surface area (Å²) in [6.07, 6.45) is 0.0314. The lowest BCUT2D eigenvalue weighted by molar-refractivity contribution is -0.121. The van der Waals surface area contributed by atoms with Crippen molar-refractivity contribution in [3.63, 3.8) is 0 Å². The third-order valence-corrected chi connectivity index (χ3v) is 4.47. The van der Waals surface area contributed by atoms with Crippen molar-refractivity contribution in [3.05, 3.63) is 53.3 Å². The van der Waals surface area contributed by atoms with E-state index in [1.54, 1.807) is 18.2 Å². The Kier molecular flexibility index (Phi) is 5.25. The summed E-state index contributed by atoms with van der Waals surface area (Å²) in [5.41, 5.74) is 1.23. The Morgan fingerprint density at radius 2 is 1.72 bits per heavy atom. The van der Waals surface area contributed by atoms with Crippen LogP contribution in [0.15, 0.2) is 42.5 Å². The number of carbonyl (C=O) groups is 2. The largest absolute Gasteiger partial charge is 0.326 e. The van der Waals surface area contributed by atoms with Crippen molar-refractivity contribution in [1.29, 1.82) is 0 Å². The summed E-state index contributed by atoms with van der Waals surface area (Å²) in [6, 6.07) is 10.7. The molecule has 0 radical (unpaired) electrons. The Balaban J connectivity index is 1.51. The zero-order valence-electron chi connectivity index (χ0n) is 12.9. The molecule has 5 nitrogen and oxygen atoms in total. The van der Waals surface area contributed by atoms with Gasteiger partial charge in [-0.2, -0.15) is 0 Å². The summed E-state index contributed by atoms with van der Waals surface area (Å²) in [5.74, 6) is -1.01. The molecule has 0 saturated carbocycles. The van der Waals surface area contributed by atoms with Crippen LogP contribution in [0.4, 0.5) is 15.2 Å². The second-order valence-electron chi connectivity index (χ2n) is 5.23. The van der Waals surface area contributed by atoms with Crippen LogP contribution in [-0.2, 0) is 9.59 Å². The van der Waals surface area contributed by atoms with Crippen molar-refractivity contribution in [1.82, 2.24) is 4.98 Å². The van der Waals surface area contributed by atoms with Crippen LogP contribution in [0.25, 0.3) is 10.2 Å². The van der Waals surface area contributed by atoms with Crippen LogP contribution in [-0.4, -0.2) is 16.8 Å². The van der Waals surface area contributed by atoms with Crippen molar-refractivity contribution in [3.8, 4) is 0 Å². The standard InChI is InChI=1S/C17H13ClFN3O2S/c18-10-1-6-13-14(9-10)25-17(21-13)22-16(24)8-7-15(23)20-12-4-2-11(19)3-5-12/h1-6,9H,7-8H2,(H,20,23)(H,21,22,24). The molecule has 0 unspecified atom stereocenters. The van der Waals surface area contributed by atoms with Crippen molar-refractivity contribution >= 4 is 55.8 Å². The third-order valence-electron chi connectivity index (χ3n) is 3.30. The van der Waals surface area contributed by atoms with Crippen LogP contribution in [0.3, 0.4) is 0 Å². The Morgan fingerprint density at radius 3 is 2.44 bits per heavy atom. The van der Waals surface area contributed by atoms with Crippen LogP contribution in [0.1, 0.15) is 12.8 Å². The number of rotatable bonds is 5. The number of fused-ring (bicyclic) bond motifs is 1. The second kappa shape index (κ2) is 7.58.